The molecule has 0 amide bonds. The molecule has 0 fully saturated rings. The minimum Gasteiger partial charge on any atom is -0.455 e. The Hall–Kier alpha value is -2.70. The van der Waals surface area contributed by atoms with Gasteiger partial charge in [0.25, 0.3) is 0 Å². The topological polar surface area (TPSA) is 71.5 Å². The van der Waals surface area contributed by atoms with Crippen molar-refractivity contribution in [2.75, 3.05) is 38.0 Å². The highest BCUT2D eigenvalue weighted by molar-refractivity contribution is 5.85. The molecule has 2 aromatic rings. The third kappa shape index (κ3) is 3.91. The van der Waals surface area contributed by atoms with Crippen LogP contribution in [0, 0.1) is 0 Å². The molecule has 0 atom stereocenters. The second-order valence-corrected chi connectivity index (χ2v) is 5.11. The molecule has 0 N–H and O–H groups in total. The standard InChI is InChI=1S/C15H19N5O2/c1-19(2)14-16-12(17-15(18-14)20(3)4)13(21)22-10-11-8-6-5-7-9-11/h5-9H,10H2,1-4H3. The third-order valence-electron chi connectivity index (χ3n) is 2.81. The molecule has 7 nitrogen and oxygen atoms in total. The summed E-state index contributed by atoms with van der Waals surface area (Å²) in [4.78, 5) is 28.1. The van der Waals surface area contributed by atoms with Gasteiger partial charge in [-0.15, -0.1) is 0 Å². The van der Waals surface area contributed by atoms with E-state index in [9.17, 15) is 4.79 Å². The van der Waals surface area contributed by atoms with E-state index >= 15 is 0 Å². The van der Waals surface area contributed by atoms with Crippen LogP contribution in [0.15, 0.2) is 30.3 Å². The molecule has 0 spiro atoms. The van der Waals surface area contributed by atoms with Gasteiger partial charge in [0.05, 0.1) is 0 Å². The minimum absolute atomic E-state index is 0.00155. The Morgan fingerprint density at radius 2 is 1.50 bits per heavy atom. The molecule has 0 radical (unpaired) electrons. The van der Waals surface area contributed by atoms with Crippen molar-refractivity contribution >= 4 is 17.9 Å². The fraction of sp³-hybridized carbons (Fsp3) is 0.333. The molecular weight excluding hydrogens is 282 g/mol. The normalized spacial score (nSPS) is 10.2. The van der Waals surface area contributed by atoms with E-state index in [0.29, 0.717) is 11.9 Å². The van der Waals surface area contributed by atoms with Gasteiger partial charge < -0.3 is 14.5 Å². The number of benzene rings is 1. The highest BCUT2D eigenvalue weighted by Gasteiger charge is 2.17. The smallest absolute Gasteiger partial charge is 0.376 e. The Balaban J connectivity index is 2.17. The van der Waals surface area contributed by atoms with Crippen LogP contribution in [0.25, 0.3) is 0 Å². The first-order chi connectivity index (χ1) is 10.5. The van der Waals surface area contributed by atoms with Crippen molar-refractivity contribution in [1.29, 1.82) is 0 Å². The van der Waals surface area contributed by atoms with Crippen molar-refractivity contribution in [2.45, 2.75) is 6.61 Å². The Kier molecular flexibility index (Phi) is 4.88. The van der Waals surface area contributed by atoms with Crippen molar-refractivity contribution in [1.82, 2.24) is 15.0 Å². The lowest BCUT2D eigenvalue weighted by molar-refractivity contribution is 0.0458. The first-order valence-corrected chi connectivity index (χ1v) is 6.79. The van der Waals surface area contributed by atoms with E-state index in [1.807, 2.05) is 30.3 Å². The van der Waals surface area contributed by atoms with Crippen LogP contribution in [0.5, 0.6) is 0 Å². The van der Waals surface area contributed by atoms with Crippen LogP contribution in [-0.4, -0.2) is 49.1 Å². The van der Waals surface area contributed by atoms with Gasteiger partial charge in [-0.05, 0) is 5.56 Å². The fourth-order valence-electron chi connectivity index (χ4n) is 1.63. The molecule has 2 rings (SSSR count). The first kappa shape index (κ1) is 15.7. The van der Waals surface area contributed by atoms with Crippen LogP contribution in [0.4, 0.5) is 11.9 Å². The Labute approximate surface area is 129 Å². The number of nitrogens with zero attached hydrogens (tertiary/aromatic N) is 5. The summed E-state index contributed by atoms with van der Waals surface area (Å²) in [6.07, 6.45) is 0. The monoisotopic (exact) mass is 301 g/mol. The van der Waals surface area contributed by atoms with Crippen molar-refractivity contribution in [3.63, 3.8) is 0 Å². The molecule has 1 heterocycles. The molecule has 0 saturated heterocycles. The number of ether oxygens (including phenoxy) is 1. The average Bonchev–Trinajstić information content (AvgIpc) is 2.53. The highest BCUT2D eigenvalue weighted by Crippen LogP contribution is 2.11. The summed E-state index contributed by atoms with van der Waals surface area (Å²) >= 11 is 0. The summed E-state index contributed by atoms with van der Waals surface area (Å²) in [5.41, 5.74) is 0.908. The number of esters is 1. The summed E-state index contributed by atoms with van der Waals surface area (Å²) < 4.78 is 5.25. The molecule has 1 aromatic heterocycles. The number of aromatic nitrogens is 3. The van der Waals surface area contributed by atoms with Crippen molar-refractivity contribution in [3.05, 3.63) is 41.7 Å². The van der Waals surface area contributed by atoms with E-state index < -0.39 is 5.97 Å². The van der Waals surface area contributed by atoms with Gasteiger partial charge >= 0.3 is 5.97 Å². The molecule has 0 bridgehead atoms. The van der Waals surface area contributed by atoms with Crippen LogP contribution in [0.2, 0.25) is 0 Å². The number of rotatable bonds is 5. The maximum absolute atomic E-state index is 12.2. The Morgan fingerprint density at radius 3 is 2.00 bits per heavy atom. The molecular formula is C15H19N5O2. The van der Waals surface area contributed by atoms with Crippen LogP contribution < -0.4 is 9.80 Å². The maximum Gasteiger partial charge on any atom is 0.376 e. The molecule has 1 aromatic carbocycles. The van der Waals surface area contributed by atoms with E-state index in [4.69, 9.17) is 4.74 Å². The van der Waals surface area contributed by atoms with Gasteiger partial charge in [0.15, 0.2) is 0 Å². The fourth-order valence-corrected chi connectivity index (χ4v) is 1.63. The van der Waals surface area contributed by atoms with E-state index in [1.165, 1.54) is 0 Å². The summed E-state index contributed by atoms with van der Waals surface area (Å²) in [5, 5.41) is 0. The number of hydrogen-bond donors (Lipinski definition) is 0. The number of carbonyl (C=O) groups is 1. The van der Waals surface area contributed by atoms with E-state index in [0.717, 1.165) is 5.56 Å². The molecule has 7 heteroatoms. The zero-order valence-electron chi connectivity index (χ0n) is 13.1. The van der Waals surface area contributed by atoms with Gasteiger partial charge in [0.2, 0.25) is 17.7 Å². The van der Waals surface area contributed by atoms with Gasteiger partial charge in [0.1, 0.15) is 6.61 Å². The predicted molar refractivity (Wildman–Crippen MR) is 84.0 cm³/mol. The SMILES string of the molecule is CN(C)c1nc(C(=O)OCc2ccccc2)nc(N(C)C)n1. The maximum atomic E-state index is 12.2. The lowest BCUT2D eigenvalue weighted by atomic mass is 10.2. The van der Waals surface area contributed by atoms with E-state index in [-0.39, 0.29) is 12.4 Å². The second-order valence-electron chi connectivity index (χ2n) is 5.11. The summed E-state index contributed by atoms with van der Waals surface area (Å²) in [7, 11) is 7.20. The van der Waals surface area contributed by atoms with Crippen molar-refractivity contribution in [3.8, 4) is 0 Å². The van der Waals surface area contributed by atoms with Crippen LogP contribution in [0.1, 0.15) is 16.2 Å². The number of carbonyl (C=O) groups excluding carboxylic acids is 1. The van der Waals surface area contributed by atoms with Crippen LogP contribution in [0.3, 0.4) is 0 Å². The first-order valence-electron chi connectivity index (χ1n) is 6.79. The van der Waals surface area contributed by atoms with E-state index in [2.05, 4.69) is 15.0 Å². The minimum atomic E-state index is -0.572. The van der Waals surface area contributed by atoms with Crippen molar-refractivity contribution in [2.24, 2.45) is 0 Å². The van der Waals surface area contributed by atoms with E-state index in [1.54, 1.807) is 38.0 Å². The van der Waals surface area contributed by atoms with Gasteiger partial charge in [-0.3, -0.25) is 0 Å². The second kappa shape index (κ2) is 6.84. The van der Waals surface area contributed by atoms with Crippen molar-refractivity contribution < 1.29 is 9.53 Å². The van der Waals surface area contributed by atoms with Gasteiger partial charge in [-0.2, -0.15) is 15.0 Å². The van der Waals surface area contributed by atoms with Gasteiger partial charge in [-0.1, -0.05) is 30.3 Å². The zero-order valence-corrected chi connectivity index (χ0v) is 13.1. The third-order valence-corrected chi connectivity index (χ3v) is 2.81. The number of anilines is 2. The lowest BCUT2D eigenvalue weighted by Crippen LogP contribution is -2.22. The van der Waals surface area contributed by atoms with Gasteiger partial charge in [0, 0.05) is 28.2 Å². The summed E-state index contributed by atoms with van der Waals surface area (Å²) in [6, 6.07) is 9.46. The average molecular weight is 301 g/mol. The van der Waals surface area contributed by atoms with Gasteiger partial charge in [-0.25, -0.2) is 4.79 Å². The summed E-state index contributed by atoms with van der Waals surface area (Å²) in [5.74, 6) is 0.242. The largest absolute Gasteiger partial charge is 0.455 e. The highest BCUT2D eigenvalue weighted by atomic mass is 16.5. The molecule has 0 aliphatic carbocycles. The quantitative estimate of drug-likeness (QED) is 0.772. The molecule has 0 unspecified atom stereocenters. The Bertz CT molecular complexity index is 617. The zero-order chi connectivity index (χ0) is 16.1. The molecule has 0 aliphatic rings. The number of hydrogen-bond acceptors (Lipinski definition) is 7. The molecule has 22 heavy (non-hydrogen) atoms. The molecule has 0 saturated carbocycles. The molecule has 116 valence electrons. The Morgan fingerprint density at radius 1 is 0.955 bits per heavy atom. The molecule has 0 aliphatic heterocycles. The summed E-state index contributed by atoms with van der Waals surface area (Å²) in [6.45, 7) is 0.181. The van der Waals surface area contributed by atoms with Crippen LogP contribution >= 0.6 is 0 Å². The predicted octanol–water partition coefficient (Wildman–Crippen LogP) is 1.36. The lowest BCUT2D eigenvalue weighted by Gasteiger charge is -2.15. The van der Waals surface area contributed by atoms with Crippen LogP contribution in [-0.2, 0) is 11.3 Å².